The quantitative estimate of drug-likeness (QED) is 0.453. The van der Waals surface area contributed by atoms with Gasteiger partial charge in [0.15, 0.2) is 0 Å². The molecule has 0 bridgehead atoms. The van der Waals surface area contributed by atoms with Gasteiger partial charge in [-0.1, -0.05) is 30.3 Å². The number of H-pyrrole nitrogens is 1. The highest BCUT2D eigenvalue weighted by Gasteiger charge is 2.19. The van der Waals surface area contributed by atoms with E-state index in [2.05, 4.69) is 4.98 Å². The average Bonchev–Trinajstić information content (AvgIpc) is 2.84. The van der Waals surface area contributed by atoms with Crippen molar-refractivity contribution in [2.75, 3.05) is 19.1 Å². The van der Waals surface area contributed by atoms with Crippen molar-refractivity contribution in [1.29, 1.82) is 0 Å². The minimum absolute atomic E-state index is 0.117. The zero-order chi connectivity index (χ0) is 23.4. The molecule has 0 saturated heterocycles. The summed E-state index contributed by atoms with van der Waals surface area (Å²) >= 11 is 0. The first-order chi connectivity index (χ1) is 16.0. The molecule has 0 aliphatic carbocycles. The molecule has 1 aromatic heterocycles. The molecule has 0 fully saturated rings. The van der Waals surface area contributed by atoms with Crippen molar-refractivity contribution in [3.05, 3.63) is 99.8 Å². The summed E-state index contributed by atoms with van der Waals surface area (Å²) < 4.78 is 10.5. The van der Waals surface area contributed by atoms with Crippen molar-refractivity contribution in [1.82, 2.24) is 4.98 Å². The van der Waals surface area contributed by atoms with E-state index >= 15 is 0 Å². The molecule has 3 aromatic carbocycles. The lowest BCUT2D eigenvalue weighted by Crippen LogP contribution is -2.34. The van der Waals surface area contributed by atoms with Gasteiger partial charge in [0, 0.05) is 11.3 Å². The Hall–Kier alpha value is -4.06. The lowest BCUT2D eigenvalue weighted by atomic mass is 10.1. The second-order valence-electron chi connectivity index (χ2n) is 7.87. The molecule has 0 saturated carbocycles. The van der Waals surface area contributed by atoms with Gasteiger partial charge in [-0.05, 0) is 65.9 Å². The zero-order valence-electron chi connectivity index (χ0n) is 18.9. The number of carbonyl (C=O) groups is 1. The Labute approximate surface area is 192 Å². The predicted octanol–water partition coefficient (Wildman–Crippen LogP) is 4.63. The standard InChI is InChI=1S/C27H26N2O4/c1-18-5-4-6-20-16-21(27(31)28-26(18)20)17-29(22-9-13-24(33-3)14-10-22)25(30)15-19-7-11-23(32-2)12-8-19/h4-14,16H,15,17H2,1-3H3,(H,28,31). The van der Waals surface area contributed by atoms with E-state index in [1.165, 1.54) is 0 Å². The van der Waals surface area contributed by atoms with Gasteiger partial charge in [0.05, 0.1) is 32.7 Å². The Bertz CT molecular complexity index is 1330. The molecule has 4 aromatic rings. The number of anilines is 1. The zero-order valence-corrected chi connectivity index (χ0v) is 18.9. The molecular formula is C27H26N2O4. The maximum Gasteiger partial charge on any atom is 0.253 e. The number of para-hydroxylation sites is 1. The molecule has 6 heteroatoms. The summed E-state index contributed by atoms with van der Waals surface area (Å²) in [6.07, 6.45) is 0.195. The Morgan fingerprint density at radius 1 is 0.909 bits per heavy atom. The molecule has 0 spiro atoms. The van der Waals surface area contributed by atoms with Crippen LogP contribution in [0.4, 0.5) is 5.69 Å². The van der Waals surface area contributed by atoms with Gasteiger partial charge in [0.2, 0.25) is 5.91 Å². The average molecular weight is 443 g/mol. The SMILES string of the molecule is COc1ccc(CC(=O)N(Cc2cc3cccc(C)c3[nH]c2=O)c2ccc(OC)cc2)cc1. The van der Waals surface area contributed by atoms with Crippen molar-refractivity contribution >= 4 is 22.5 Å². The van der Waals surface area contributed by atoms with Crippen LogP contribution in [0.5, 0.6) is 11.5 Å². The smallest absolute Gasteiger partial charge is 0.253 e. The minimum Gasteiger partial charge on any atom is -0.497 e. The number of nitrogens with zero attached hydrogens (tertiary/aromatic N) is 1. The number of aromatic nitrogens is 1. The Morgan fingerprint density at radius 2 is 1.55 bits per heavy atom. The highest BCUT2D eigenvalue weighted by molar-refractivity contribution is 5.95. The van der Waals surface area contributed by atoms with Gasteiger partial charge in [0.25, 0.3) is 5.56 Å². The van der Waals surface area contributed by atoms with Crippen LogP contribution in [0.1, 0.15) is 16.7 Å². The normalized spacial score (nSPS) is 10.8. The lowest BCUT2D eigenvalue weighted by molar-refractivity contribution is -0.118. The molecule has 1 amide bonds. The summed E-state index contributed by atoms with van der Waals surface area (Å²) in [5.74, 6) is 1.31. The van der Waals surface area contributed by atoms with E-state index in [4.69, 9.17) is 9.47 Å². The first kappa shape index (κ1) is 22.1. The number of carbonyl (C=O) groups excluding carboxylic acids is 1. The molecule has 6 nitrogen and oxygen atoms in total. The number of pyridine rings is 1. The number of fused-ring (bicyclic) bond motifs is 1. The van der Waals surface area contributed by atoms with E-state index in [1.54, 1.807) is 31.3 Å². The molecular weight excluding hydrogens is 416 g/mol. The van der Waals surface area contributed by atoms with Gasteiger partial charge < -0.3 is 19.4 Å². The van der Waals surface area contributed by atoms with Gasteiger partial charge >= 0.3 is 0 Å². The Balaban J connectivity index is 1.69. The molecule has 0 aliphatic rings. The highest BCUT2D eigenvalue weighted by Crippen LogP contribution is 2.23. The third-order valence-corrected chi connectivity index (χ3v) is 5.69. The number of nitrogens with one attached hydrogen (secondary N) is 1. The van der Waals surface area contributed by atoms with E-state index < -0.39 is 0 Å². The number of aromatic amines is 1. The van der Waals surface area contributed by atoms with Gasteiger partial charge in [0.1, 0.15) is 11.5 Å². The van der Waals surface area contributed by atoms with Gasteiger partial charge in [-0.3, -0.25) is 9.59 Å². The van der Waals surface area contributed by atoms with Crippen LogP contribution in [0.25, 0.3) is 10.9 Å². The van der Waals surface area contributed by atoms with Crippen LogP contribution in [-0.2, 0) is 17.8 Å². The number of hydrogen-bond acceptors (Lipinski definition) is 4. The minimum atomic E-state index is -0.201. The third-order valence-electron chi connectivity index (χ3n) is 5.69. The molecule has 33 heavy (non-hydrogen) atoms. The van der Waals surface area contributed by atoms with Gasteiger partial charge in [-0.25, -0.2) is 0 Å². The fraction of sp³-hybridized carbons (Fsp3) is 0.185. The molecule has 168 valence electrons. The molecule has 1 heterocycles. The summed E-state index contributed by atoms with van der Waals surface area (Å²) in [6.45, 7) is 2.11. The second kappa shape index (κ2) is 9.61. The summed E-state index contributed by atoms with van der Waals surface area (Å²) in [7, 11) is 3.20. The van der Waals surface area contributed by atoms with Crippen molar-refractivity contribution in [2.45, 2.75) is 19.9 Å². The molecule has 0 radical (unpaired) electrons. The fourth-order valence-corrected chi connectivity index (χ4v) is 3.82. The summed E-state index contributed by atoms with van der Waals surface area (Å²) in [5, 5.41) is 0.932. The number of benzene rings is 3. The van der Waals surface area contributed by atoms with Crippen molar-refractivity contribution in [3.63, 3.8) is 0 Å². The summed E-state index contributed by atoms with van der Waals surface area (Å²) in [6, 6.07) is 22.4. The number of rotatable bonds is 7. The van der Waals surface area contributed by atoms with Crippen LogP contribution >= 0.6 is 0 Å². The van der Waals surface area contributed by atoms with Crippen LogP contribution in [0.3, 0.4) is 0 Å². The molecule has 4 rings (SSSR count). The number of amides is 1. The van der Waals surface area contributed by atoms with Crippen LogP contribution < -0.4 is 19.9 Å². The number of ether oxygens (including phenoxy) is 2. The van der Waals surface area contributed by atoms with Crippen LogP contribution in [0.15, 0.2) is 77.6 Å². The lowest BCUT2D eigenvalue weighted by Gasteiger charge is -2.23. The van der Waals surface area contributed by atoms with E-state index in [9.17, 15) is 9.59 Å². The topological polar surface area (TPSA) is 71.6 Å². The van der Waals surface area contributed by atoms with Crippen molar-refractivity contribution in [3.8, 4) is 11.5 Å². The van der Waals surface area contributed by atoms with Crippen LogP contribution in [-0.4, -0.2) is 25.1 Å². The molecule has 0 atom stereocenters. The third kappa shape index (κ3) is 4.90. The first-order valence-electron chi connectivity index (χ1n) is 10.7. The largest absolute Gasteiger partial charge is 0.497 e. The predicted molar refractivity (Wildman–Crippen MR) is 130 cm³/mol. The van der Waals surface area contributed by atoms with Gasteiger partial charge in [-0.15, -0.1) is 0 Å². The molecule has 0 unspecified atom stereocenters. The van der Waals surface area contributed by atoms with Crippen LogP contribution in [0.2, 0.25) is 0 Å². The Morgan fingerprint density at radius 3 is 2.18 bits per heavy atom. The molecule has 0 aliphatic heterocycles. The maximum absolute atomic E-state index is 13.4. The Kier molecular flexibility index (Phi) is 6.45. The summed E-state index contributed by atoms with van der Waals surface area (Å²) in [5.41, 5.74) is 3.69. The second-order valence-corrected chi connectivity index (χ2v) is 7.87. The van der Waals surface area contributed by atoms with Crippen molar-refractivity contribution in [2.24, 2.45) is 0 Å². The van der Waals surface area contributed by atoms with E-state index in [0.717, 1.165) is 27.8 Å². The monoisotopic (exact) mass is 442 g/mol. The first-order valence-corrected chi connectivity index (χ1v) is 10.7. The van der Waals surface area contributed by atoms with E-state index in [0.29, 0.717) is 17.0 Å². The molecule has 1 N–H and O–H groups in total. The van der Waals surface area contributed by atoms with Gasteiger partial charge in [-0.2, -0.15) is 0 Å². The number of aryl methyl sites for hydroxylation is 1. The fourth-order valence-electron chi connectivity index (χ4n) is 3.82. The number of methoxy groups -OCH3 is 2. The van der Waals surface area contributed by atoms with Crippen molar-refractivity contribution < 1.29 is 14.3 Å². The number of hydrogen-bond donors (Lipinski definition) is 1. The summed E-state index contributed by atoms with van der Waals surface area (Å²) in [4.78, 5) is 30.9. The van der Waals surface area contributed by atoms with E-state index in [-0.39, 0.29) is 24.4 Å². The van der Waals surface area contributed by atoms with Crippen LogP contribution in [0, 0.1) is 6.92 Å². The maximum atomic E-state index is 13.4. The van der Waals surface area contributed by atoms with E-state index in [1.807, 2.05) is 67.6 Å². The highest BCUT2D eigenvalue weighted by atomic mass is 16.5.